The van der Waals surface area contributed by atoms with Gasteiger partial charge in [-0.1, -0.05) is 53.8 Å². The van der Waals surface area contributed by atoms with Crippen molar-refractivity contribution in [2.75, 3.05) is 0 Å². The van der Waals surface area contributed by atoms with Gasteiger partial charge in [0, 0.05) is 0 Å². The second-order valence-electron chi connectivity index (χ2n) is 3.80. The van der Waals surface area contributed by atoms with Crippen LogP contribution in [0.4, 0.5) is 0 Å². The van der Waals surface area contributed by atoms with E-state index < -0.39 is 8.07 Å². The molecule has 0 nitrogen and oxygen atoms in total. The van der Waals surface area contributed by atoms with E-state index in [9.17, 15) is 0 Å². The molecule has 0 aliphatic rings. The monoisotopic (exact) mass is 176 g/mol. The molecule has 0 aromatic heterocycles. The van der Waals surface area contributed by atoms with E-state index in [2.05, 4.69) is 56.6 Å². The largest absolute Gasteiger partial charge is 0.107 e. The predicted molar refractivity (Wildman–Crippen MR) is 58.5 cm³/mol. The average Bonchev–Trinajstić information content (AvgIpc) is 2.05. The highest BCUT2D eigenvalue weighted by molar-refractivity contribution is 6.93. The van der Waals surface area contributed by atoms with Crippen LogP contribution in [0.3, 0.4) is 0 Å². The third kappa shape index (κ3) is 1.86. The van der Waals surface area contributed by atoms with Crippen LogP contribution in [0.15, 0.2) is 36.5 Å². The number of rotatable bonds is 2. The summed E-state index contributed by atoms with van der Waals surface area (Å²) in [7, 11) is -1.32. The van der Waals surface area contributed by atoms with E-state index in [1.807, 2.05) is 0 Å². The summed E-state index contributed by atoms with van der Waals surface area (Å²) >= 11 is 0. The van der Waals surface area contributed by atoms with Crippen molar-refractivity contribution in [1.82, 2.24) is 0 Å². The molecule has 1 aromatic rings. The molecule has 1 heteroatoms. The van der Waals surface area contributed by atoms with Crippen LogP contribution in [0.5, 0.6) is 0 Å². The molecule has 0 amide bonds. The second kappa shape index (κ2) is 3.28. The molecule has 12 heavy (non-hydrogen) atoms. The molecule has 0 aliphatic heterocycles. The van der Waals surface area contributed by atoms with Crippen LogP contribution in [-0.2, 0) is 0 Å². The maximum atomic E-state index is 3.90. The van der Waals surface area contributed by atoms with Gasteiger partial charge < -0.3 is 0 Å². The van der Waals surface area contributed by atoms with E-state index in [1.54, 1.807) is 0 Å². The van der Waals surface area contributed by atoms with Crippen molar-refractivity contribution in [3.63, 3.8) is 0 Å². The minimum absolute atomic E-state index is 1.32. The summed E-state index contributed by atoms with van der Waals surface area (Å²) in [6.45, 7) is 10.7. The molecule has 0 fully saturated rings. The molecule has 0 bridgehead atoms. The van der Waals surface area contributed by atoms with Gasteiger partial charge >= 0.3 is 0 Å². The molecule has 0 N–H and O–H groups in total. The zero-order chi connectivity index (χ0) is 9.19. The molecule has 0 saturated heterocycles. The quantitative estimate of drug-likeness (QED) is 0.608. The molecule has 0 heterocycles. The topological polar surface area (TPSA) is 0 Å². The first-order valence-corrected chi connectivity index (χ1v) is 7.35. The molecule has 0 saturated carbocycles. The van der Waals surface area contributed by atoms with E-state index in [-0.39, 0.29) is 0 Å². The van der Waals surface area contributed by atoms with Gasteiger partial charge in [-0.05, 0) is 6.92 Å². The fourth-order valence-corrected chi connectivity index (χ4v) is 2.52. The molecular formula is C11H16Si. The lowest BCUT2D eigenvalue weighted by atomic mass is 10.2. The van der Waals surface area contributed by atoms with Crippen molar-refractivity contribution >= 4 is 13.3 Å². The van der Waals surface area contributed by atoms with E-state index >= 15 is 0 Å². The summed E-state index contributed by atoms with van der Waals surface area (Å²) < 4.78 is 0. The van der Waals surface area contributed by atoms with Crippen molar-refractivity contribution < 1.29 is 0 Å². The SMILES string of the molecule is C=C[Si](C)(C)c1cccc(C)c1. The van der Waals surface area contributed by atoms with Gasteiger partial charge in [0.2, 0.25) is 0 Å². The Hall–Kier alpha value is -0.823. The van der Waals surface area contributed by atoms with E-state index in [0.29, 0.717) is 0 Å². The minimum atomic E-state index is -1.32. The Morgan fingerprint density at radius 3 is 2.50 bits per heavy atom. The standard InChI is InChI=1S/C11H16Si/c1-5-12(3,4)11-8-6-7-10(2)9-11/h5-9H,1H2,2-4H3. The van der Waals surface area contributed by atoms with E-state index in [0.717, 1.165) is 0 Å². The van der Waals surface area contributed by atoms with Gasteiger partial charge in [-0.25, -0.2) is 0 Å². The van der Waals surface area contributed by atoms with Crippen molar-refractivity contribution in [3.8, 4) is 0 Å². The zero-order valence-electron chi connectivity index (χ0n) is 8.09. The van der Waals surface area contributed by atoms with Crippen molar-refractivity contribution in [1.29, 1.82) is 0 Å². The highest BCUT2D eigenvalue weighted by atomic mass is 28.3. The molecule has 0 atom stereocenters. The Kier molecular flexibility index (Phi) is 2.53. The molecular weight excluding hydrogens is 160 g/mol. The summed E-state index contributed by atoms with van der Waals surface area (Å²) in [6.07, 6.45) is 0. The van der Waals surface area contributed by atoms with Gasteiger partial charge in [-0.15, -0.1) is 6.58 Å². The maximum absolute atomic E-state index is 3.90. The summed E-state index contributed by atoms with van der Waals surface area (Å²) in [6, 6.07) is 8.74. The fraction of sp³-hybridized carbons (Fsp3) is 0.273. The van der Waals surface area contributed by atoms with Crippen LogP contribution in [0.2, 0.25) is 13.1 Å². The van der Waals surface area contributed by atoms with Gasteiger partial charge in [-0.2, -0.15) is 0 Å². The van der Waals surface area contributed by atoms with Gasteiger partial charge in [0.1, 0.15) is 8.07 Å². The van der Waals surface area contributed by atoms with Crippen molar-refractivity contribution in [2.24, 2.45) is 0 Å². The Morgan fingerprint density at radius 1 is 1.33 bits per heavy atom. The first-order chi connectivity index (χ1) is 5.56. The second-order valence-corrected chi connectivity index (χ2v) is 8.22. The van der Waals surface area contributed by atoms with E-state index in [4.69, 9.17) is 0 Å². The Bertz CT molecular complexity index is 287. The fourth-order valence-electron chi connectivity index (χ4n) is 1.16. The number of hydrogen-bond acceptors (Lipinski definition) is 0. The maximum Gasteiger partial charge on any atom is 0.103 e. The third-order valence-electron chi connectivity index (χ3n) is 2.27. The first-order valence-electron chi connectivity index (χ1n) is 4.27. The van der Waals surface area contributed by atoms with Crippen LogP contribution in [0.1, 0.15) is 5.56 Å². The van der Waals surface area contributed by atoms with Crippen LogP contribution in [-0.4, -0.2) is 8.07 Å². The Labute approximate surface area is 75.9 Å². The summed E-state index contributed by atoms with van der Waals surface area (Å²) in [5, 5.41) is 1.47. The lowest BCUT2D eigenvalue weighted by Gasteiger charge is -2.17. The van der Waals surface area contributed by atoms with Gasteiger partial charge in [-0.3, -0.25) is 0 Å². The lowest BCUT2D eigenvalue weighted by Crippen LogP contribution is -2.39. The highest BCUT2D eigenvalue weighted by Gasteiger charge is 2.18. The number of hydrogen-bond donors (Lipinski definition) is 0. The van der Waals surface area contributed by atoms with Gasteiger partial charge in [0.25, 0.3) is 0 Å². The summed E-state index contributed by atoms with van der Waals surface area (Å²) in [5.41, 5.74) is 3.47. The van der Waals surface area contributed by atoms with E-state index in [1.165, 1.54) is 10.8 Å². The normalized spacial score (nSPS) is 11.2. The molecule has 1 aromatic carbocycles. The third-order valence-corrected chi connectivity index (χ3v) is 5.09. The average molecular weight is 176 g/mol. The van der Waals surface area contributed by atoms with Crippen LogP contribution in [0, 0.1) is 6.92 Å². The molecule has 0 spiro atoms. The Morgan fingerprint density at radius 2 is 2.00 bits per heavy atom. The molecule has 0 radical (unpaired) electrons. The van der Waals surface area contributed by atoms with Gasteiger partial charge in [0.15, 0.2) is 0 Å². The van der Waals surface area contributed by atoms with Crippen molar-refractivity contribution in [3.05, 3.63) is 42.1 Å². The number of benzene rings is 1. The van der Waals surface area contributed by atoms with Gasteiger partial charge in [0.05, 0.1) is 0 Å². The highest BCUT2D eigenvalue weighted by Crippen LogP contribution is 2.05. The molecule has 0 aliphatic carbocycles. The smallest absolute Gasteiger partial charge is 0.103 e. The number of aryl methyl sites for hydroxylation is 1. The Balaban J connectivity index is 3.11. The molecule has 1 rings (SSSR count). The summed E-state index contributed by atoms with van der Waals surface area (Å²) in [4.78, 5) is 0. The van der Waals surface area contributed by atoms with Crippen LogP contribution in [0.25, 0.3) is 0 Å². The summed E-state index contributed by atoms with van der Waals surface area (Å²) in [5.74, 6) is 0. The zero-order valence-corrected chi connectivity index (χ0v) is 9.09. The van der Waals surface area contributed by atoms with Crippen LogP contribution >= 0.6 is 0 Å². The molecule has 64 valence electrons. The molecule has 0 unspecified atom stereocenters. The first kappa shape index (κ1) is 9.27. The minimum Gasteiger partial charge on any atom is -0.107 e. The predicted octanol–water partition coefficient (Wildman–Crippen LogP) is 2.64. The lowest BCUT2D eigenvalue weighted by molar-refractivity contribution is 1.49. The van der Waals surface area contributed by atoms with Crippen LogP contribution < -0.4 is 5.19 Å². The van der Waals surface area contributed by atoms with Crippen molar-refractivity contribution in [2.45, 2.75) is 20.0 Å².